The first kappa shape index (κ1) is 15.8. The van der Waals surface area contributed by atoms with E-state index >= 15 is 0 Å². The summed E-state index contributed by atoms with van der Waals surface area (Å²) in [5.41, 5.74) is -0.332. The van der Waals surface area contributed by atoms with Crippen molar-refractivity contribution in [3.8, 4) is 0 Å². The van der Waals surface area contributed by atoms with Crippen molar-refractivity contribution in [1.29, 1.82) is 0 Å². The van der Waals surface area contributed by atoms with Gasteiger partial charge < -0.3 is 19.3 Å². The Bertz CT molecular complexity index is 393. The minimum absolute atomic E-state index is 0.332. The molecule has 0 spiro atoms. The van der Waals surface area contributed by atoms with Crippen LogP contribution in [0.25, 0.3) is 0 Å². The van der Waals surface area contributed by atoms with Gasteiger partial charge in [0.25, 0.3) is 6.29 Å². The molecule has 2 unspecified atom stereocenters. The molecule has 1 aliphatic rings. The number of hydrogen-bond donors (Lipinski definition) is 1. The molecule has 0 aromatic carbocycles. The smallest absolute Gasteiger partial charge is 0.425 e. The Balaban J connectivity index is 3.04. The number of carbonyl (C=O) groups is 1. The summed E-state index contributed by atoms with van der Waals surface area (Å²) in [5, 5.41) is 8.97. The van der Waals surface area contributed by atoms with E-state index in [0.29, 0.717) is 0 Å². The van der Waals surface area contributed by atoms with Gasteiger partial charge in [-0.15, -0.1) is 0 Å². The molecule has 1 heterocycles. The fourth-order valence-electron chi connectivity index (χ4n) is 1.12. The number of aliphatic hydroxyl groups is 1. The molecule has 0 radical (unpaired) electrons. The maximum atomic E-state index is 13.5. The molecule has 0 aromatic rings. The highest BCUT2D eigenvalue weighted by atomic mass is 19.4. The van der Waals surface area contributed by atoms with Crippen LogP contribution in [0.1, 0.15) is 6.92 Å². The van der Waals surface area contributed by atoms with Gasteiger partial charge in [-0.3, -0.25) is 0 Å². The second-order valence-corrected chi connectivity index (χ2v) is 3.71. The lowest BCUT2D eigenvalue weighted by Crippen LogP contribution is -2.69. The lowest BCUT2D eigenvalue weighted by molar-refractivity contribution is -0.502. The van der Waals surface area contributed by atoms with E-state index in [2.05, 4.69) is 20.8 Å². The molecular formula is C9H9F5O5. The summed E-state index contributed by atoms with van der Waals surface area (Å²) in [4.78, 5) is 11.0. The summed E-state index contributed by atoms with van der Waals surface area (Å²) in [6.07, 6.45) is -8.76. The first-order valence-corrected chi connectivity index (χ1v) is 4.72. The van der Waals surface area contributed by atoms with Crippen LogP contribution in [-0.2, 0) is 19.0 Å². The van der Waals surface area contributed by atoms with Crippen molar-refractivity contribution in [3.05, 3.63) is 12.2 Å². The van der Waals surface area contributed by atoms with E-state index in [1.165, 1.54) is 0 Å². The molecule has 1 aliphatic heterocycles. The zero-order valence-electron chi connectivity index (χ0n) is 9.46. The van der Waals surface area contributed by atoms with E-state index in [0.717, 1.165) is 6.92 Å². The Morgan fingerprint density at radius 2 is 2.00 bits per heavy atom. The molecule has 2 atom stereocenters. The molecule has 1 saturated heterocycles. The molecule has 1 N–H and O–H groups in total. The van der Waals surface area contributed by atoms with Crippen molar-refractivity contribution in [2.75, 3.05) is 6.79 Å². The molecule has 1 fully saturated rings. The van der Waals surface area contributed by atoms with Crippen molar-refractivity contribution < 1.29 is 46.1 Å². The number of rotatable bonds is 2. The summed E-state index contributed by atoms with van der Waals surface area (Å²) >= 11 is 0. The summed E-state index contributed by atoms with van der Waals surface area (Å²) < 4.78 is 75.9. The zero-order chi connectivity index (χ0) is 15.1. The SMILES string of the molecule is C=C(C)C(=O)OC1OCOC(O)(C(F)(F)F)C1(F)F. The predicted octanol–water partition coefficient (Wildman–Crippen LogP) is 1.32. The Kier molecular flexibility index (Phi) is 3.90. The molecule has 19 heavy (non-hydrogen) atoms. The molecule has 0 aromatic heterocycles. The van der Waals surface area contributed by atoms with Gasteiger partial charge in [0.1, 0.15) is 0 Å². The van der Waals surface area contributed by atoms with Gasteiger partial charge >= 0.3 is 23.9 Å². The monoisotopic (exact) mass is 292 g/mol. The van der Waals surface area contributed by atoms with Gasteiger partial charge in [-0.25, -0.2) is 4.79 Å². The van der Waals surface area contributed by atoms with Crippen molar-refractivity contribution >= 4 is 5.97 Å². The van der Waals surface area contributed by atoms with E-state index in [1.54, 1.807) is 0 Å². The fraction of sp³-hybridized carbons (Fsp3) is 0.667. The number of hydrogen-bond acceptors (Lipinski definition) is 5. The number of esters is 1. The quantitative estimate of drug-likeness (QED) is 0.472. The van der Waals surface area contributed by atoms with E-state index in [-0.39, 0.29) is 5.57 Å². The maximum Gasteiger partial charge on any atom is 0.450 e. The normalized spacial score (nSPS) is 30.8. The minimum Gasteiger partial charge on any atom is -0.425 e. The lowest BCUT2D eigenvalue weighted by Gasteiger charge is -2.42. The second-order valence-electron chi connectivity index (χ2n) is 3.71. The van der Waals surface area contributed by atoms with Gasteiger partial charge in [0, 0.05) is 5.57 Å². The van der Waals surface area contributed by atoms with Crippen LogP contribution in [0.15, 0.2) is 12.2 Å². The van der Waals surface area contributed by atoms with Gasteiger partial charge in [-0.1, -0.05) is 6.58 Å². The minimum atomic E-state index is -5.81. The van der Waals surface area contributed by atoms with Crippen molar-refractivity contribution in [2.24, 2.45) is 0 Å². The van der Waals surface area contributed by atoms with E-state index < -0.39 is 36.9 Å². The summed E-state index contributed by atoms with van der Waals surface area (Å²) in [5.74, 6) is -11.2. The Morgan fingerprint density at radius 1 is 1.47 bits per heavy atom. The van der Waals surface area contributed by atoms with Crippen LogP contribution in [0, 0.1) is 0 Å². The van der Waals surface area contributed by atoms with Crippen LogP contribution in [0.5, 0.6) is 0 Å². The van der Waals surface area contributed by atoms with Crippen molar-refractivity contribution in [2.45, 2.75) is 31.1 Å². The highest BCUT2D eigenvalue weighted by Crippen LogP contribution is 2.48. The lowest BCUT2D eigenvalue weighted by atomic mass is 10.1. The molecular weight excluding hydrogens is 283 g/mol. The van der Waals surface area contributed by atoms with E-state index in [1.807, 2.05) is 0 Å². The summed E-state index contributed by atoms with van der Waals surface area (Å²) in [6, 6.07) is 0. The van der Waals surface area contributed by atoms with Crippen LogP contribution >= 0.6 is 0 Å². The summed E-state index contributed by atoms with van der Waals surface area (Å²) in [7, 11) is 0. The molecule has 5 nitrogen and oxygen atoms in total. The van der Waals surface area contributed by atoms with Crippen LogP contribution < -0.4 is 0 Å². The van der Waals surface area contributed by atoms with E-state index in [4.69, 9.17) is 5.11 Å². The standard InChI is InChI=1S/C9H9F5O5/c1-4(2)5(15)19-6-7(10,11)8(16,9(12,13)14)18-3-17-6/h6,16H,1,3H2,2H3. The third-order valence-electron chi connectivity index (χ3n) is 2.18. The third-order valence-corrected chi connectivity index (χ3v) is 2.18. The summed E-state index contributed by atoms with van der Waals surface area (Å²) in [6.45, 7) is 2.82. The van der Waals surface area contributed by atoms with Gasteiger partial charge in [-0.2, -0.15) is 22.0 Å². The average molecular weight is 292 g/mol. The van der Waals surface area contributed by atoms with Crippen LogP contribution in [0.2, 0.25) is 0 Å². The Morgan fingerprint density at radius 3 is 2.42 bits per heavy atom. The van der Waals surface area contributed by atoms with Gasteiger partial charge in [0.2, 0.25) is 0 Å². The van der Waals surface area contributed by atoms with E-state index in [9.17, 15) is 26.7 Å². The Hall–Kier alpha value is -1.26. The zero-order valence-corrected chi connectivity index (χ0v) is 9.46. The fourth-order valence-corrected chi connectivity index (χ4v) is 1.12. The first-order chi connectivity index (χ1) is 8.43. The highest BCUT2D eigenvalue weighted by molar-refractivity contribution is 5.87. The first-order valence-electron chi connectivity index (χ1n) is 4.72. The molecule has 0 amide bonds. The number of carbonyl (C=O) groups excluding carboxylic acids is 1. The average Bonchev–Trinajstić information content (AvgIpc) is 2.23. The van der Waals surface area contributed by atoms with Crippen molar-refractivity contribution in [3.63, 3.8) is 0 Å². The topological polar surface area (TPSA) is 65.0 Å². The Labute approximate surface area is 103 Å². The van der Waals surface area contributed by atoms with Crippen LogP contribution in [0.4, 0.5) is 22.0 Å². The molecule has 1 rings (SSSR count). The van der Waals surface area contributed by atoms with Crippen LogP contribution in [-0.4, -0.2) is 42.0 Å². The molecule has 0 bridgehead atoms. The third kappa shape index (κ3) is 2.55. The van der Waals surface area contributed by atoms with Gasteiger partial charge in [0.05, 0.1) is 0 Å². The number of alkyl halides is 5. The van der Waals surface area contributed by atoms with Gasteiger partial charge in [-0.05, 0) is 6.92 Å². The highest BCUT2D eigenvalue weighted by Gasteiger charge is 2.77. The molecule has 10 heteroatoms. The van der Waals surface area contributed by atoms with Gasteiger partial charge in [0.15, 0.2) is 6.79 Å². The second kappa shape index (κ2) is 4.69. The van der Waals surface area contributed by atoms with Crippen LogP contribution in [0.3, 0.4) is 0 Å². The maximum absolute atomic E-state index is 13.5. The largest absolute Gasteiger partial charge is 0.450 e. The molecule has 110 valence electrons. The number of halogens is 5. The predicted molar refractivity (Wildman–Crippen MR) is 47.7 cm³/mol. The molecule has 0 saturated carbocycles. The van der Waals surface area contributed by atoms with Crippen molar-refractivity contribution in [1.82, 2.24) is 0 Å². The number of ether oxygens (including phenoxy) is 3. The molecule has 0 aliphatic carbocycles.